The van der Waals surface area contributed by atoms with Crippen LogP contribution in [0.4, 0.5) is 23.5 Å². The third-order valence-electron chi connectivity index (χ3n) is 20.9. The number of anilines is 4. The summed E-state index contributed by atoms with van der Waals surface area (Å²) in [5.41, 5.74) is 18.8. The van der Waals surface area contributed by atoms with Crippen molar-refractivity contribution in [2.24, 2.45) is 0 Å². The van der Waals surface area contributed by atoms with Crippen LogP contribution in [0.2, 0.25) is 0 Å². The number of hydrogen-bond acceptors (Lipinski definition) is 49. The standard InChI is InChI=1S/C62H82N22O31P6S6/c1-6-28-29(7-40(104-28)80-14-26(3)54(85)77-61(80)90)111-117(93,123)99-17-37-32(9-42(106-37)81-15-27(4)55(86)78-62(81)91)113-119(95,125)102-19-38-34(12-45(108-38)84-24-71-48-53(84)74-59(66)76-57(48)88)115-121(97,127)103-20-39-33(11-44(109-39)83-23-70-47-52(83)73-58(65)75-56(47)87)114-120(96,126)101-18-36-31(8-41(105-36)79-13-25(2)49(63)72-60(79)89)112-118(94,124)100-16-35-30(110-116(92,122)98-5)10-43(107-35)82-22-69-46-50(64)67-21-68-51(46)82/h13-15,21-24,28-45H,6-12,16-20H2,1-5H3,(H,92,122)(H,93,123)(H,94,124)(H,95,125)(H,96,126)(H,97,127)(H2,63,72,89)(H2,64,67,68)(H,77,85,90)(H,78,86,91)(H3,65,73,75,87)(H3,66,74,76,88)/p-6/t28-,29-,30-,31-,32-,33-,34-,35-,36-,37-,38-,39-,40-,41-,42-,43-,44-,45-,116?,117?,118?,119?,120?,121?/m1/s1. The molecule has 9 aromatic heterocycles. The predicted molar refractivity (Wildman–Crippen MR) is 448 cm³/mol. The maximum Gasteiger partial charge on any atom is 0.351 e. The molecule has 6 unspecified atom stereocenters. The normalized spacial score (nSPS) is 29.2. The fourth-order valence-electron chi connectivity index (χ4n) is 14.8. The van der Waals surface area contributed by atoms with Gasteiger partial charge >= 0.3 is 17.1 Å². The van der Waals surface area contributed by atoms with E-state index in [4.69, 9.17) is 177 Å². The molecule has 53 nitrogen and oxygen atoms in total. The molecule has 0 saturated carbocycles. The molecule has 6 fully saturated rings. The van der Waals surface area contributed by atoms with Crippen molar-refractivity contribution in [2.75, 3.05) is 63.1 Å². The van der Waals surface area contributed by atoms with Gasteiger partial charge in [0.1, 0.15) is 119 Å². The van der Waals surface area contributed by atoms with Crippen molar-refractivity contribution in [2.45, 2.75) is 183 Å². The van der Waals surface area contributed by atoms with Crippen LogP contribution in [0.5, 0.6) is 0 Å². The number of aryl methyl sites for hydroxylation is 3. The van der Waals surface area contributed by atoms with Crippen LogP contribution in [0.3, 0.4) is 0 Å². The number of aromatic nitrogens is 18. The minimum atomic E-state index is -5.01. The van der Waals surface area contributed by atoms with Crippen molar-refractivity contribution in [1.82, 2.24) is 87.2 Å². The highest BCUT2D eigenvalue weighted by Gasteiger charge is 2.48. The predicted octanol–water partition coefficient (Wildman–Crippen LogP) is -2.54. The summed E-state index contributed by atoms with van der Waals surface area (Å²) in [4.78, 5) is 204. The quantitative estimate of drug-likeness (QED) is 0.0150. The van der Waals surface area contributed by atoms with Gasteiger partial charge in [0.05, 0.1) is 94.7 Å². The summed E-state index contributed by atoms with van der Waals surface area (Å²) in [5.74, 6) is -0.739. The van der Waals surface area contributed by atoms with Gasteiger partial charge in [-0.05, 0) is 27.2 Å². The lowest BCUT2D eigenvalue weighted by Gasteiger charge is -2.36. The van der Waals surface area contributed by atoms with Crippen molar-refractivity contribution >= 4 is 169 Å². The van der Waals surface area contributed by atoms with E-state index in [1.807, 2.05) is 0 Å². The molecule has 6 aliphatic rings. The Hall–Kier alpha value is -6.40. The molecule has 15 rings (SSSR count). The minimum absolute atomic E-state index is 0.0566. The Kier molecular flexibility index (Phi) is 28.4. The lowest BCUT2D eigenvalue weighted by molar-refractivity contribution is -0.221. The zero-order chi connectivity index (χ0) is 91.1. The maximum atomic E-state index is 15.0. The van der Waals surface area contributed by atoms with Crippen molar-refractivity contribution in [3.8, 4) is 0 Å². The number of nitrogens with two attached hydrogens (primary N) is 4. The Balaban J connectivity index is 0.649. The van der Waals surface area contributed by atoms with E-state index >= 15 is 0 Å². The Morgan fingerprint density at radius 2 is 0.748 bits per heavy atom. The second-order valence-corrected chi connectivity index (χ2v) is 45.7. The smallest absolute Gasteiger partial charge is 0.351 e. The van der Waals surface area contributed by atoms with Crippen LogP contribution in [0, 0.1) is 20.8 Å². The number of nitrogens with zero attached hydrogens (tertiary/aromatic N) is 14. The van der Waals surface area contributed by atoms with Gasteiger partial charge in [-0.3, -0.25) is 71.1 Å². The Labute approximate surface area is 742 Å². The Morgan fingerprint density at radius 1 is 0.417 bits per heavy atom. The molecule has 6 aliphatic heterocycles. The number of ether oxygens (including phenoxy) is 6. The Morgan fingerprint density at radius 3 is 1.14 bits per heavy atom. The first-order valence-corrected chi connectivity index (χ1v) is 53.3. The van der Waals surface area contributed by atoms with Crippen molar-refractivity contribution < 1.29 is 112 Å². The van der Waals surface area contributed by atoms with Crippen LogP contribution in [-0.4, -0.2) is 201 Å². The van der Waals surface area contributed by atoms with Gasteiger partial charge in [-0.25, -0.2) is 39.3 Å². The highest BCUT2D eigenvalue weighted by molar-refractivity contribution is 8.32. The molecule has 0 bridgehead atoms. The van der Waals surface area contributed by atoms with Crippen molar-refractivity contribution in [1.29, 1.82) is 0 Å². The highest BCUT2D eigenvalue weighted by atomic mass is 32.7. The van der Waals surface area contributed by atoms with Gasteiger partial charge in [0.15, 0.2) is 40.6 Å². The summed E-state index contributed by atoms with van der Waals surface area (Å²) < 4.78 is 129. The Bertz CT molecular complexity index is 6460. The van der Waals surface area contributed by atoms with Crippen molar-refractivity contribution in [3.63, 3.8) is 0 Å². The van der Waals surface area contributed by atoms with Gasteiger partial charge in [-0.1, -0.05) is 66.0 Å². The molecule has 0 spiro atoms. The summed E-state index contributed by atoms with van der Waals surface area (Å²) in [7, 11) is 1.07. The van der Waals surface area contributed by atoms with Gasteiger partial charge in [-0.2, -0.15) is 15.0 Å². The van der Waals surface area contributed by atoms with Crippen LogP contribution in [0.1, 0.15) is 106 Å². The second kappa shape index (κ2) is 37.9. The van der Waals surface area contributed by atoms with Crippen LogP contribution in [-0.2, 0) is 159 Å². The highest BCUT2D eigenvalue weighted by Crippen LogP contribution is 2.56. The summed E-state index contributed by atoms with van der Waals surface area (Å²) in [6.07, 6.45) is -16.4. The van der Waals surface area contributed by atoms with Gasteiger partial charge in [0, 0.05) is 80.9 Å². The van der Waals surface area contributed by atoms with E-state index in [0.29, 0.717) is 5.56 Å². The molecule has 0 aliphatic carbocycles. The lowest BCUT2D eigenvalue weighted by atomic mass is 10.1. The van der Waals surface area contributed by atoms with Crippen LogP contribution < -0.4 is 86.7 Å². The first kappa shape index (κ1) is 95.2. The van der Waals surface area contributed by atoms with E-state index in [1.165, 1.54) is 58.8 Å². The third kappa shape index (κ3) is 21.8. The number of fused-ring (bicyclic) bond motifs is 3. The van der Waals surface area contributed by atoms with Gasteiger partial charge in [-0.15, -0.1) is 0 Å². The molecule has 0 aromatic carbocycles. The van der Waals surface area contributed by atoms with Crippen LogP contribution >= 0.6 is 40.4 Å². The molecular formula is C62H76N22O31P6S6-6. The summed E-state index contributed by atoms with van der Waals surface area (Å²) in [5, 5.41) is 0. The van der Waals surface area contributed by atoms with Crippen LogP contribution in [0.25, 0.3) is 33.5 Å². The number of aromatic amines is 4. The fraction of sp³-hybridized carbons (Fsp3) is 0.565. The fourth-order valence-corrected chi connectivity index (χ4v) is 23.1. The molecule has 6 saturated heterocycles. The van der Waals surface area contributed by atoms with E-state index in [1.54, 1.807) is 13.8 Å². The summed E-state index contributed by atoms with van der Waals surface area (Å²) >= 11 is 32.4. The molecule has 9 aromatic rings. The lowest BCUT2D eigenvalue weighted by Crippen LogP contribution is -2.34. The largest absolute Gasteiger partial charge is 0.780 e. The van der Waals surface area contributed by atoms with Crippen LogP contribution in [0.15, 0.2) is 77.5 Å². The number of H-pyrrole nitrogens is 4. The molecule has 0 amide bonds. The second-order valence-electron chi connectivity index (χ2n) is 29.4. The van der Waals surface area contributed by atoms with E-state index < -0.39 is 223 Å². The number of imidazole rings is 3. The summed E-state index contributed by atoms with van der Waals surface area (Å²) in [6.45, 7) is -26.4. The molecule has 65 heteroatoms. The SMILES string of the molecule is CC[C@H]1O[C@@H](n2cc(C)c(=O)[nH]c2=O)C[C@H]1OP([O-])(=S)OC[C@H]1O[C@@H](n2cc(C)c(=O)[nH]c2=O)C[C@H]1OP([O-])(=S)OC[C@H]1O[C@@H](n2cnc3c(=O)[nH]c(N)nc32)C[C@H]1OP([O-])(=S)OC[C@H]1O[C@@H](n2cnc3c(=O)[nH]c(N)nc32)C[C@H]1OP([O-])(=S)OC[C@H]1O[C@@H](n2cc(C)c(N)nc2=O)C[C@H]1OP(=O)([S-])OC[C@H]1O[C@@H](n2cnc3c(N)ncnc32)C[C@H]1OP([O-])(=S)OC. The van der Waals surface area contributed by atoms with Gasteiger partial charge < -0.3 is 142 Å². The van der Waals surface area contributed by atoms with E-state index in [9.17, 15) is 62.6 Å². The molecular weight excluding hydrogens is 1930 g/mol. The average molecular weight is 2000 g/mol. The summed E-state index contributed by atoms with van der Waals surface area (Å²) in [6, 6.07) is 0. The zero-order valence-corrected chi connectivity index (χ0v) is 76.5. The number of hydrogen-bond donors (Lipinski definition) is 8. The van der Waals surface area contributed by atoms with Gasteiger partial charge in [0.2, 0.25) is 11.9 Å². The zero-order valence-electron chi connectivity index (χ0n) is 66.3. The molecule has 692 valence electrons. The number of rotatable bonds is 35. The first-order chi connectivity index (χ1) is 59.9. The third-order valence-corrected chi connectivity index (χ3v) is 30.4. The number of nitrogens with one attached hydrogen (secondary N) is 4. The molecule has 24 atom stereocenters. The minimum Gasteiger partial charge on any atom is -0.780 e. The number of nitrogen functional groups attached to an aromatic ring is 4. The average Bonchev–Trinajstić information content (AvgIpc) is 1.64. The first-order valence-electron chi connectivity index (χ1n) is 37.9. The van der Waals surface area contributed by atoms with Gasteiger partial charge in [0.25, 0.3) is 22.2 Å². The molecule has 127 heavy (non-hydrogen) atoms. The monoisotopic (exact) mass is 2000 g/mol. The van der Waals surface area contributed by atoms with E-state index in [2.05, 4.69) is 59.8 Å². The van der Waals surface area contributed by atoms with E-state index in [-0.39, 0.29) is 113 Å². The molecule has 12 N–H and O–H groups in total. The molecule has 0 radical (unpaired) electrons. The van der Waals surface area contributed by atoms with E-state index in [0.717, 1.165) is 33.5 Å². The molecule has 15 heterocycles. The topological polar surface area (TPSA) is 718 Å². The maximum absolute atomic E-state index is 15.0. The van der Waals surface area contributed by atoms with Crippen molar-refractivity contribution in [3.05, 3.63) is 133 Å².